The van der Waals surface area contributed by atoms with Gasteiger partial charge in [-0.2, -0.15) is 4.37 Å². The minimum absolute atomic E-state index is 0.0902. The molecule has 9 nitrogen and oxygen atoms in total. The zero-order chi connectivity index (χ0) is 19.1. The van der Waals surface area contributed by atoms with Crippen molar-refractivity contribution < 1.29 is 14.3 Å². The molecule has 3 aromatic rings. The number of fused-ring (bicyclic) bond motifs is 1. The molecule has 1 amide bonds. The number of anilines is 1. The second kappa shape index (κ2) is 7.02. The Kier molecular flexibility index (Phi) is 4.36. The van der Waals surface area contributed by atoms with Crippen molar-refractivity contribution in [1.29, 1.82) is 0 Å². The maximum Gasteiger partial charge on any atom is 0.410 e. The summed E-state index contributed by atoms with van der Waals surface area (Å²) >= 11 is 1.37. The van der Waals surface area contributed by atoms with Gasteiger partial charge in [0.05, 0.1) is 18.9 Å². The number of nitrogens with zero attached hydrogens (tertiary/aromatic N) is 5. The quantitative estimate of drug-likeness (QED) is 0.719. The van der Waals surface area contributed by atoms with Crippen molar-refractivity contribution in [2.24, 2.45) is 0 Å². The Morgan fingerprint density at radius 2 is 2.14 bits per heavy atom. The Bertz CT molecular complexity index is 1010. The number of aromatic amines is 1. The largest absolute Gasteiger partial charge is 0.441 e. The van der Waals surface area contributed by atoms with E-state index in [-0.39, 0.29) is 12.2 Å². The smallest absolute Gasteiger partial charge is 0.410 e. The minimum atomic E-state index is -0.247. The Morgan fingerprint density at radius 3 is 2.82 bits per heavy atom. The number of rotatable bonds is 3. The number of piperazine rings is 1. The second-order valence-corrected chi connectivity index (χ2v) is 7.69. The van der Waals surface area contributed by atoms with E-state index in [2.05, 4.69) is 30.3 Å². The maximum absolute atomic E-state index is 12.2. The number of nitrogens with one attached hydrogen (secondary N) is 1. The summed E-state index contributed by atoms with van der Waals surface area (Å²) in [6, 6.07) is 4.10. The highest BCUT2D eigenvalue weighted by Gasteiger charge is 2.28. The van der Waals surface area contributed by atoms with Gasteiger partial charge in [0.1, 0.15) is 11.5 Å². The van der Waals surface area contributed by atoms with E-state index >= 15 is 0 Å². The number of aromatic nitrogens is 4. The Labute approximate surface area is 165 Å². The average molecular weight is 400 g/mol. The molecular weight excluding hydrogens is 380 g/mol. The highest BCUT2D eigenvalue weighted by molar-refractivity contribution is 7.09. The van der Waals surface area contributed by atoms with Crippen molar-refractivity contribution in [2.45, 2.75) is 13.0 Å². The summed E-state index contributed by atoms with van der Waals surface area (Å²) in [7, 11) is 0. The molecule has 2 aliphatic rings. The molecule has 1 N–H and O–H groups in total. The van der Waals surface area contributed by atoms with Gasteiger partial charge in [-0.25, -0.2) is 14.8 Å². The van der Waals surface area contributed by atoms with E-state index in [0.29, 0.717) is 26.3 Å². The predicted molar refractivity (Wildman–Crippen MR) is 105 cm³/mol. The van der Waals surface area contributed by atoms with E-state index in [1.54, 1.807) is 11.1 Å². The van der Waals surface area contributed by atoms with Crippen LogP contribution in [0.3, 0.4) is 0 Å². The lowest BCUT2D eigenvalue weighted by Crippen LogP contribution is -2.51. The van der Waals surface area contributed by atoms with E-state index in [9.17, 15) is 4.79 Å². The first-order valence-corrected chi connectivity index (χ1v) is 10.0. The van der Waals surface area contributed by atoms with E-state index in [0.717, 1.165) is 46.3 Å². The minimum Gasteiger partial charge on any atom is -0.441 e. The van der Waals surface area contributed by atoms with Gasteiger partial charge < -0.3 is 24.3 Å². The summed E-state index contributed by atoms with van der Waals surface area (Å²) in [4.78, 5) is 28.5. The molecule has 2 aliphatic heterocycles. The van der Waals surface area contributed by atoms with Crippen LogP contribution in [-0.4, -0.2) is 75.8 Å². The number of carbonyl (C=O) groups is 1. The molecule has 5 rings (SSSR count). The van der Waals surface area contributed by atoms with Crippen LogP contribution >= 0.6 is 11.5 Å². The highest BCUT2D eigenvalue weighted by Crippen LogP contribution is 2.31. The van der Waals surface area contributed by atoms with Crippen LogP contribution in [0.1, 0.15) is 5.82 Å². The third-order valence-corrected chi connectivity index (χ3v) is 5.86. The van der Waals surface area contributed by atoms with Gasteiger partial charge in [0, 0.05) is 43.4 Å². The number of hydrogen-bond acceptors (Lipinski definition) is 8. The molecule has 0 aliphatic carbocycles. The molecule has 5 heterocycles. The van der Waals surface area contributed by atoms with Gasteiger partial charge in [-0.1, -0.05) is 0 Å². The summed E-state index contributed by atoms with van der Waals surface area (Å²) in [5.74, 6) is 0.767. The summed E-state index contributed by atoms with van der Waals surface area (Å²) in [6.07, 6.45) is 1.47. The topological polar surface area (TPSA) is 96.5 Å². The van der Waals surface area contributed by atoms with Gasteiger partial charge in [-0.3, -0.25) is 0 Å². The van der Waals surface area contributed by atoms with Crippen molar-refractivity contribution in [1.82, 2.24) is 24.2 Å². The van der Waals surface area contributed by atoms with E-state index < -0.39 is 0 Å². The van der Waals surface area contributed by atoms with Crippen LogP contribution in [-0.2, 0) is 9.47 Å². The monoisotopic (exact) mass is 400 g/mol. The number of H-pyrrole nitrogens is 1. The standard InChI is InChI=1S/C18H20N6O3S/c1-11-20-17(28-22-11)14-8-13-15(2-3-19-16(13)21-14)23-4-6-24(7-5-23)18(25)27-12-9-26-10-12/h2-3,8,12H,4-7,9-10H2,1H3,(H,19,21). The van der Waals surface area contributed by atoms with Crippen LogP contribution in [0.15, 0.2) is 18.3 Å². The molecule has 0 bridgehead atoms. The van der Waals surface area contributed by atoms with Gasteiger partial charge in [0.25, 0.3) is 0 Å². The van der Waals surface area contributed by atoms with Crippen molar-refractivity contribution in [3.05, 3.63) is 24.2 Å². The molecule has 0 radical (unpaired) electrons. The lowest BCUT2D eigenvalue weighted by molar-refractivity contribution is -0.104. The number of aryl methyl sites for hydroxylation is 1. The molecule has 2 saturated heterocycles. The van der Waals surface area contributed by atoms with Crippen molar-refractivity contribution >= 4 is 34.3 Å². The zero-order valence-corrected chi connectivity index (χ0v) is 16.2. The third-order valence-electron chi connectivity index (χ3n) is 5.02. The molecular formula is C18H20N6O3S. The number of ether oxygens (including phenoxy) is 2. The van der Waals surface area contributed by atoms with Crippen LogP contribution < -0.4 is 4.90 Å². The molecule has 0 saturated carbocycles. The average Bonchev–Trinajstić information content (AvgIpc) is 3.30. The zero-order valence-electron chi connectivity index (χ0n) is 15.4. The van der Waals surface area contributed by atoms with Gasteiger partial charge in [0.15, 0.2) is 11.1 Å². The van der Waals surface area contributed by atoms with Gasteiger partial charge >= 0.3 is 6.09 Å². The van der Waals surface area contributed by atoms with Crippen LogP contribution in [0.2, 0.25) is 0 Å². The molecule has 3 aromatic heterocycles. The number of hydrogen-bond donors (Lipinski definition) is 1. The molecule has 28 heavy (non-hydrogen) atoms. The maximum atomic E-state index is 12.2. The summed E-state index contributed by atoms with van der Waals surface area (Å²) in [5, 5.41) is 1.90. The molecule has 10 heteroatoms. The molecule has 146 valence electrons. The lowest BCUT2D eigenvalue weighted by atomic mass is 10.2. The SMILES string of the molecule is Cc1nsc(-c2cc3c(N4CCN(C(=O)OC5COC5)CC4)ccnc3[nH]2)n1. The first-order valence-electron chi connectivity index (χ1n) is 9.24. The fourth-order valence-electron chi connectivity index (χ4n) is 3.44. The van der Waals surface area contributed by atoms with Crippen LogP contribution in [0, 0.1) is 6.92 Å². The first-order chi connectivity index (χ1) is 13.7. The molecule has 0 spiro atoms. The van der Waals surface area contributed by atoms with E-state index in [1.165, 1.54) is 11.5 Å². The second-order valence-electron chi connectivity index (χ2n) is 6.94. The summed E-state index contributed by atoms with van der Waals surface area (Å²) in [5.41, 5.74) is 2.85. The fraction of sp³-hybridized carbons (Fsp3) is 0.444. The first kappa shape index (κ1) is 17.4. The normalized spacial score (nSPS) is 17.8. The van der Waals surface area contributed by atoms with E-state index in [1.807, 2.05) is 13.0 Å². The Morgan fingerprint density at radius 1 is 1.32 bits per heavy atom. The number of amides is 1. The van der Waals surface area contributed by atoms with Crippen LogP contribution in [0.25, 0.3) is 21.7 Å². The fourth-order valence-corrected chi connectivity index (χ4v) is 4.08. The predicted octanol–water partition coefficient (Wildman–Crippen LogP) is 2.05. The van der Waals surface area contributed by atoms with Crippen molar-refractivity contribution in [3.63, 3.8) is 0 Å². The third kappa shape index (κ3) is 3.18. The van der Waals surface area contributed by atoms with Gasteiger partial charge in [0.2, 0.25) is 0 Å². The summed E-state index contributed by atoms with van der Waals surface area (Å²) in [6.45, 7) is 5.64. The van der Waals surface area contributed by atoms with Crippen LogP contribution in [0.4, 0.5) is 10.5 Å². The van der Waals surface area contributed by atoms with E-state index in [4.69, 9.17) is 9.47 Å². The number of pyridine rings is 1. The van der Waals surface area contributed by atoms with Gasteiger partial charge in [-0.05, 0) is 30.6 Å². The Hall–Kier alpha value is -2.72. The molecule has 0 unspecified atom stereocenters. The van der Waals surface area contributed by atoms with Crippen LogP contribution in [0.5, 0.6) is 0 Å². The molecule has 0 atom stereocenters. The molecule has 0 aromatic carbocycles. The van der Waals surface area contributed by atoms with Crippen molar-refractivity contribution in [2.75, 3.05) is 44.3 Å². The Balaban J connectivity index is 1.32. The highest BCUT2D eigenvalue weighted by atomic mass is 32.1. The lowest BCUT2D eigenvalue weighted by Gasteiger charge is -2.37. The van der Waals surface area contributed by atoms with Gasteiger partial charge in [-0.15, -0.1) is 0 Å². The molecule has 2 fully saturated rings. The summed E-state index contributed by atoms with van der Waals surface area (Å²) < 4.78 is 14.7. The number of carbonyl (C=O) groups excluding carboxylic acids is 1. The van der Waals surface area contributed by atoms with Crippen molar-refractivity contribution in [3.8, 4) is 10.7 Å².